The number of phenols is 2. The highest BCUT2D eigenvalue weighted by Crippen LogP contribution is 2.54. The zero-order valence-corrected chi connectivity index (χ0v) is 15.6. The molecular formula is C24H20O2P+. The average Bonchev–Trinajstić information content (AvgIpc) is 2.74. The molecule has 0 bridgehead atoms. The van der Waals surface area contributed by atoms with Crippen LogP contribution < -0.4 is 21.2 Å². The van der Waals surface area contributed by atoms with Crippen molar-refractivity contribution >= 4 is 28.5 Å². The van der Waals surface area contributed by atoms with Gasteiger partial charge in [0.15, 0.2) is 11.5 Å². The second-order valence-electron chi connectivity index (χ2n) is 6.35. The Morgan fingerprint density at radius 2 is 0.815 bits per heavy atom. The summed E-state index contributed by atoms with van der Waals surface area (Å²) in [5, 5.41) is 24.8. The molecule has 4 aromatic rings. The van der Waals surface area contributed by atoms with Crippen LogP contribution in [0.25, 0.3) is 0 Å². The molecule has 27 heavy (non-hydrogen) atoms. The van der Waals surface area contributed by atoms with E-state index in [4.69, 9.17) is 0 Å². The summed E-state index contributed by atoms with van der Waals surface area (Å²) in [6, 6.07) is 36.5. The molecule has 0 atom stereocenters. The third-order valence-electron chi connectivity index (χ3n) is 4.78. The summed E-state index contributed by atoms with van der Waals surface area (Å²) in [5.41, 5.74) is 0. The average molecular weight is 371 g/mol. The Kier molecular flexibility index (Phi) is 4.66. The molecular weight excluding hydrogens is 351 g/mol. The van der Waals surface area contributed by atoms with Gasteiger partial charge in [-0.2, -0.15) is 0 Å². The molecule has 0 aliphatic rings. The molecule has 0 aliphatic heterocycles. The van der Waals surface area contributed by atoms with E-state index in [-0.39, 0.29) is 11.5 Å². The first-order valence-corrected chi connectivity index (χ1v) is 10.6. The number of benzene rings is 4. The zero-order chi connectivity index (χ0) is 18.7. The number of phenolic OH excluding ortho intramolecular Hbond substituents is 2. The maximum atomic E-state index is 10.3. The standard InChI is InChI=1S/C24H19O2P/c25-23-17-16-22(18-24(23)26)27(19-10-4-1-5-11-19,20-12-6-2-7-13-20)21-14-8-3-9-15-21/h1-18H,(H-,25,26)/p+1. The minimum Gasteiger partial charge on any atom is -0.504 e. The zero-order valence-electron chi connectivity index (χ0n) is 14.7. The lowest BCUT2D eigenvalue weighted by Crippen LogP contribution is -2.38. The third kappa shape index (κ3) is 2.99. The number of rotatable bonds is 4. The van der Waals surface area contributed by atoms with Gasteiger partial charge in [0.2, 0.25) is 0 Å². The van der Waals surface area contributed by atoms with E-state index in [1.807, 2.05) is 24.3 Å². The molecule has 2 nitrogen and oxygen atoms in total. The van der Waals surface area contributed by atoms with E-state index in [1.54, 1.807) is 12.1 Å². The number of hydrogen-bond donors (Lipinski definition) is 2. The Morgan fingerprint density at radius 1 is 0.407 bits per heavy atom. The monoisotopic (exact) mass is 371 g/mol. The van der Waals surface area contributed by atoms with E-state index < -0.39 is 7.26 Å². The van der Waals surface area contributed by atoms with E-state index in [9.17, 15) is 10.2 Å². The molecule has 0 heterocycles. The maximum Gasteiger partial charge on any atom is 0.161 e. The topological polar surface area (TPSA) is 40.5 Å². The van der Waals surface area contributed by atoms with Crippen LogP contribution >= 0.6 is 7.26 Å². The first-order valence-electron chi connectivity index (χ1n) is 8.81. The fourth-order valence-electron chi connectivity index (χ4n) is 3.57. The second-order valence-corrected chi connectivity index (χ2v) is 9.76. The van der Waals surface area contributed by atoms with Gasteiger partial charge >= 0.3 is 0 Å². The van der Waals surface area contributed by atoms with Crippen LogP contribution in [0.15, 0.2) is 109 Å². The maximum absolute atomic E-state index is 10.3. The van der Waals surface area contributed by atoms with E-state index in [1.165, 1.54) is 15.9 Å². The molecule has 0 fully saturated rings. The first kappa shape index (κ1) is 17.3. The Labute approximate surface area is 159 Å². The molecule has 0 spiro atoms. The molecule has 0 unspecified atom stereocenters. The van der Waals surface area contributed by atoms with Crippen molar-refractivity contribution in [3.8, 4) is 11.5 Å². The van der Waals surface area contributed by atoms with Crippen LogP contribution in [-0.4, -0.2) is 10.2 Å². The molecule has 0 saturated heterocycles. The molecule has 3 heteroatoms. The van der Waals surface area contributed by atoms with Crippen LogP contribution in [0, 0.1) is 0 Å². The highest BCUT2D eigenvalue weighted by atomic mass is 31.2. The van der Waals surface area contributed by atoms with Gasteiger partial charge in [-0.15, -0.1) is 0 Å². The summed E-state index contributed by atoms with van der Waals surface area (Å²) >= 11 is 0. The summed E-state index contributed by atoms with van der Waals surface area (Å²) < 4.78 is 0. The number of aromatic hydroxyl groups is 2. The van der Waals surface area contributed by atoms with Crippen LogP contribution in [-0.2, 0) is 0 Å². The molecule has 0 saturated carbocycles. The van der Waals surface area contributed by atoms with Crippen LogP contribution in [0.5, 0.6) is 11.5 Å². The Bertz CT molecular complexity index is 935. The van der Waals surface area contributed by atoms with Crippen molar-refractivity contribution in [1.82, 2.24) is 0 Å². The van der Waals surface area contributed by atoms with Crippen molar-refractivity contribution in [3.05, 3.63) is 109 Å². The summed E-state index contributed by atoms with van der Waals surface area (Å²) in [6.07, 6.45) is 0. The first-order chi connectivity index (χ1) is 13.2. The van der Waals surface area contributed by atoms with Crippen molar-refractivity contribution < 1.29 is 10.2 Å². The lowest BCUT2D eigenvalue weighted by atomic mass is 10.3. The largest absolute Gasteiger partial charge is 0.504 e. The fraction of sp³-hybridized carbons (Fsp3) is 0. The minimum absolute atomic E-state index is 0.0975. The van der Waals surface area contributed by atoms with Gasteiger partial charge < -0.3 is 10.2 Å². The SMILES string of the molecule is Oc1ccc([P+](c2ccccc2)(c2ccccc2)c2ccccc2)cc1O. The van der Waals surface area contributed by atoms with Crippen molar-refractivity contribution in [1.29, 1.82) is 0 Å². The molecule has 0 aliphatic carbocycles. The number of hydrogen-bond acceptors (Lipinski definition) is 2. The Morgan fingerprint density at radius 3 is 1.19 bits per heavy atom. The van der Waals surface area contributed by atoms with Gasteiger partial charge in [0.05, 0.1) is 0 Å². The summed E-state index contributed by atoms with van der Waals surface area (Å²) in [4.78, 5) is 0. The van der Waals surface area contributed by atoms with Crippen LogP contribution in [0.3, 0.4) is 0 Å². The third-order valence-corrected chi connectivity index (χ3v) is 9.05. The molecule has 4 aromatic carbocycles. The van der Waals surface area contributed by atoms with Gasteiger partial charge in [0.1, 0.15) is 28.5 Å². The van der Waals surface area contributed by atoms with E-state index >= 15 is 0 Å². The van der Waals surface area contributed by atoms with E-state index in [2.05, 4.69) is 72.8 Å². The summed E-state index contributed by atoms with van der Waals surface area (Å²) in [7, 11) is -2.22. The summed E-state index contributed by atoms with van der Waals surface area (Å²) in [5.74, 6) is -0.203. The van der Waals surface area contributed by atoms with Crippen LogP contribution in [0.1, 0.15) is 0 Å². The van der Waals surface area contributed by atoms with Crippen molar-refractivity contribution in [2.45, 2.75) is 0 Å². The van der Waals surface area contributed by atoms with Gasteiger partial charge in [-0.05, 0) is 48.5 Å². The highest BCUT2D eigenvalue weighted by molar-refractivity contribution is 8.01. The molecule has 132 valence electrons. The molecule has 4 rings (SSSR count). The van der Waals surface area contributed by atoms with Crippen LogP contribution in [0.4, 0.5) is 0 Å². The smallest absolute Gasteiger partial charge is 0.161 e. The van der Waals surface area contributed by atoms with Crippen LogP contribution in [0.2, 0.25) is 0 Å². The fourth-order valence-corrected chi connectivity index (χ4v) is 7.83. The van der Waals surface area contributed by atoms with Gasteiger partial charge in [-0.25, -0.2) is 0 Å². The van der Waals surface area contributed by atoms with Gasteiger partial charge in [-0.1, -0.05) is 54.6 Å². The molecule has 0 amide bonds. The molecule has 2 N–H and O–H groups in total. The van der Waals surface area contributed by atoms with E-state index in [0.717, 1.165) is 5.30 Å². The highest BCUT2D eigenvalue weighted by Gasteiger charge is 2.48. The van der Waals surface area contributed by atoms with Crippen molar-refractivity contribution in [2.75, 3.05) is 0 Å². The lowest BCUT2D eigenvalue weighted by molar-refractivity contribution is 0.404. The predicted octanol–water partition coefficient (Wildman–Crippen LogP) is 3.72. The van der Waals surface area contributed by atoms with Crippen molar-refractivity contribution in [3.63, 3.8) is 0 Å². The van der Waals surface area contributed by atoms with Gasteiger partial charge in [-0.3, -0.25) is 0 Å². The quantitative estimate of drug-likeness (QED) is 0.424. The second kappa shape index (κ2) is 7.26. The normalized spacial score (nSPS) is 11.3. The molecule has 0 aromatic heterocycles. The Hall–Kier alpha value is -3.09. The summed E-state index contributed by atoms with van der Waals surface area (Å²) in [6.45, 7) is 0. The minimum atomic E-state index is -2.22. The Balaban J connectivity index is 2.14. The van der Waals surface area contributed by atoms with E-state index in [0.29, 0.717) is 0 Å². The van der Waals surface area contributed by atoms with Gasteiger partial charge in [0, 0.05) is 6.07 Å². The lowest BCUT2D eigenvalue weighted by Gasteiger charge is -2.27. The van der Waals surface area contributed by atoms with Gasteiger partial charge in [0.25, 0.3) is 0 Å². The van der Waals surface area contributed by atoms with Crippen molar-refractivity contribution in [2.24, 2.45) is 0 Å². The molecule has 0 radical (unpaired) electrons. The predicted molar refractivity (Wildman–Crippen MR) is 115 cm³/mol.